The minimum atomic E-state index is 0.218. The Morgan fingerprint density at radius 2 is 2.60 bits per heavy atom. The molecular weight excluding hydrogens is 190 g/mol. The molecule has 0 aromatic carbocycles. The Bertz CT molecular complexity index is 339. The summed E-state index contributed by atoms with van der Waals surface area (Å²) < 4.78 is 1.86. The van der Waals surface area contributed by atoms with Gasteiger partial charge in [-0.25, -0.2) is 0 Å². The lowest BCUT2D eigenvalue weighted by Gasteiger charge is -2.04. The molecule has 2 heterocycles. The van der Waals surface area contributed by atoms with Gasteiger partial charge in [-0.2, -0.15) is 5.10 Å². The van der Waals surface area contributed by atoms with Crippen molar-refractivity contribution in [1.82, 2.24) is 15.1 Å². The zero-order valence-corrected chi connectivity index (χ0v) is 9.07. The summed E-state index contributed by atoms with van der Waals surface area (Å²) in [5.41, 5.74) is 1.04. The first-order valence-corrected chi connectivity index (χ1v) is 5.54. The van der Waals surface area contributed by atoms with Gasteiger partial charge in [0.15, 0.2) is 0 Å². The fourth-order valence-corrected chi connectivity index (χ4v) is 1.95. The van der Waals surface area contributed by atoms with Crippen LogP contribution in [-0.2, 0) is 17.8 Å². The molecule has 2 rings (SSSR count). The summed E-state index contributed by atoms with van der Waals surface area (Å²) in [7, 11) is 0. The Morgan fingerprint density at radius 3 is 3.20 bits per heavy atom. The van der Waals surface area contributed by atoms with Crippen LogP contribution in [-0.4, -0.2) is 28.7 Å². The summed E-state index contributed by atoms with van der Waals surface area (Å²) in [5.74, 6) is 0.561. The molecule has 1 unspecified atom stereocenters. The van der Waals surface area contributed by atoms with Crippen LogP contribution in [0.15, 0.2) is 12.4 Å². The zero-order valence-electron chi connectivity index (χ0n) is 9.07. The fourth-order valence-electron chi connectivity index (χ4n) is 1.95. The number of aryl methyl sites for hydroxylation is 1. The number of rotatable bonds is 4. The lowest BCUT2D eigenvalue weighted by molar-refractivity contribution is -0.121. The average molecular weight is 207 g/mol. The predicted molar refractivity (Wildman–Crippen MR) is 57.6 cm³/mol. The molecular formula is C11H17N3O. The van der Waals surface area contributed by atoms with Crippen molar-refractivity contribution in [3.8, 4) is 0 Å². The molecule has 4 nitrogen and oxygen atoms in total. The first-order chi connectivity index (χ1) is 7.29. The van der Waals surface area contributed by atoms with Crippen LogP contribution >= 0.6 is 0 Å². The van der Waals surface area contributed by atoms with Gasteiger partial charge in [-0.3, -0.25) is 9.48 Å². The van der Waals surface area contributed by atoms with E-state index in [1.165, 1.54) is 0 Å². The number of hydrogen-bond acceptors (Lipinski definition) is 3. The van der Waals surface area contributed by atoms with Gasteiger partial charge in [0, 0.05) is 31.6 Å². The van der Waals surface area contributed by atoms with Gasteiger partial charge in [0.2, 0.25) is 0 Å². The molecule has 1 atom stereocenters. The Balaban J connectivity index is 1.92. The van der Waals surface area contributed by atoms with Gasteiger partial charge in [-0.15, -0.1) is 0 Å². The van der Waals surface area contributed by atoms with Crippen molar-refractivity contribution < 1.29 is 4.79 Å². The number of Topliss-reactive ketones (excluding diaryl/α,β-unsaturated/α-hetero) is 1. The summed E-state index contributed by atoms with van der Waals surface area (Å²) >= 11 is 0. The Labute approximate surface area is 89.7 Å². The monoisotopic (exact) mass is 207 g/mol. The molecule has 1 fully saturated rings. The first-order valence-electron chi connectivity index (χ1n) is 5.54. The molecule has 4 heteroatoms. The number of carbonyl (C=O) groups is 1. The number of aromatic nitrogens is 2. The molecule has 0 radical (unpaired) electrons. The number of hydrogen-bond donors (Lipinski definition) is 1. The molecule has 1 aliphatic rings. The third-order valence-corrected chi connectivity index (χ3v) is 2.90. The summed E-state index contributed by atoms with van der Waals surface area (Å²) in [5, 5.41) is 7.38. The highest BCUT2D eigenvalue weighted by Crippen LogP contribution is 2.12. The van der Waals surface area contributed by atoms with Crippen LogP contribution in [0, 0.1) is 5.92 Å². The number of nitrogens with zero attached hydrogens (tertiary/aromatic N) is 2. The molecule has 15 heavy (non-hydrogen) atoms. The highest BCUT2D eigenvalue weighted by Gasteiger charge is 2.22. The van der Waals surface area contributed by atoms with Gasteiger partial charge in [-0.05, 0) is 25.5 Å². The second kappa shape index (κ2) is 4.57. The standard InChI is InChI=1S/C11H17N3O/c1-2-14-8-9(6-13-14)5-11(15)10-3-4-12-7-10/h6,8,10,12H,2-5,7H2,1H3. The third kappa shape index (κ3) is 2.45. The maximum Gasteiger partial charge on any atom is 0.141 e. The molecule has 0 spiro atoms. The van der Waals surface area contributed by atoms with Crippen LogP contribution < -0.4 is 5.32 Å². The molecule has 0 saturated carbocycles. The normalized spacial score (nSPS) is 20.7. The second-order valence-electron chi connectivity index (χ2n) is 4.04. The van der Waals surface area contributed by atoms with Crippen LogP contribution in [0.4, 0.5) is 0 Å². The third-order valence-electron chi connectivity index (χ3n) is 2.90. The molecule has 1 aromatic rings. The van der Waals surface area contributed by atoms with Gasteiger partial charge >= 0.3 is 0 Å². The molecule has 1 N–H and O–H groups in total. The van der Waals surface area contributed by atoms with Crippen LogP contribution in [0.1, 0.15) is 18.9 Å². The van der Waals surface area contributed by atoms with Crippen molar-refractivity contribution in [2.75, 3.05) is 13.1 Å². The van der Waals surface area contributed by atoms with Crippen LogP contribution in [0.3, 0.4) is 0 Å². The number of carbonyl (C=O) groups excluding carboxylic acids is 1. The highest BCUT2D eigenvalue weighted by molar-refractivity contribution is 5.83. The van der Waals surface area contributed by atoms with Crippen molar-refractivity contribution >= 4 is 5.78 Å². The highest BCUT2D eigenvalue weighted by atomic mass is 16.1. The van der Waals surface area contributed by atoms with Gasteiger partial charge < -0.3 is 5.32 Å². The van der Waals surface area contributed by atoms with E-state index < -0.39 is 0 Å². The average Bonchev–Trinajstić information content (AvgIpc) is 2.87. The van der Waals surface area contributed by atoms with E-state index in [2.05, 4.69) is 10.4 Å². The molecule has 1 aromatic heterocycles. The summed E-state index contributed by atoms with van der Waals surface area (Å²) in [4.78, 5) is 11.8. The molecule has 82 valence electrons. The first kappa shape index (κ1) is 10.4. The molecule has 1 saturated heterocycles. The predicted octanol–water partition coefficient (Wildman–Crippen LogP) is 0.624. The van der Waals surface area contributed by atoms with Crippen molar-refractivity contribution in [3.63, 3.8) is 0 Å². The maximum absolute atomic E-state index is 11.8. The Kier molecular flexibility index (Phi) is 3.16. The second-order valence-corrected chi connectivity index (χ2v) is 4.04. The van der Waals surface area contributed by atoms with E-state index in [1.54, 1.807) is 6.20 Å². The van der Waals surface area contributed by atoms with Gasteiger partial charge in [0.05, 0.1) is 6.20 Å². The van der Waals surface area contributed by atoms with Crippen molar-refractivity contribution in [2.45, 2.75) is 26.3 Å². The summed E-state index contributed by atoms with van der Waals surface area (Å²) in [6, 6.07) is 0. The van der Waals surface area contributed by atoms with Gasteiger partial charge in [0.1, 0.15) is 5.78 Å². The quantitative estimate of drug-likeness (QED) is 0.787. The SMILES string of the molecule is CCn1cc(CC(=O)C2CCNC2)cn1. The fraction of sp³-hybridized carbons (Fsp3) is 0.636. The van der Waals surface area contributed by atoms with Crippen LogP contribution in [0.5, 0.6) is 0 Å². The topological polar surface area (TPSA) is 46.9 Å². The smallest absolute Gasteiger partial charge is 0.141 e. The summed E-state index contributed by atoms with van der Waals surface area (Å²) in [6.45, 7) is 4.73. The molecule has 1 aliphatic heterocycles. The lowest BCUT2D eigenvalue weighted by atomic mass is 9.99. The van der Waals surface area contributed by atoms with E-state index in [0.29, 0.717) is 12.2 Å². The van der Waals surface area contributed by atoms with E-state index >= 15 is 0 Å². The molecule has 0 bridgehead atoms. The van der Waals surface area contributed by atoms with E-state index in [0.717, 1.165) is 31.6 Å². The lowest BCUT2D eigenvalue weighted by Crippen LogP contribution is -2.19. The Morgan fingerprint density at radius 1 is 1.73 bits per heavy atom. The van der Waals surface area contributed by atoms with E-state index in [4.69, 9.17) is 0 Å². The van der Waals surface area contributed by atoms with E-state index in [1.807, 2.05) is 17.8 Å². The Hall–Kier alpha value is -1.16. The molecule has 0 amide bonds. The van der Waals surface area contributed by atoms with Crippen molar-refractivity contribution in [2.24, 2.45) is 5.92 Å². The van der Waals surface area contributed by atoms with Crippen LogP contribution in [0.25, 0.3) is 0 Å². The van der Waals surface area contributed by atoms with Crippen molar-refractivity contribution in [3.05, 3.63) is 18.0 Å². The summed E-state index contributed by atoms with van der Waals surface area (Å²) in [6.07, 6.45) is 5.27. The molecule has 0 aliphatic carbocycles. The largest absolute Gasteiger partial charge is 0.316 e. The minimum absolute atomic E-state index is 0.218. The van der Waals surface area contributed by atoms with Crippen LogP contribution in [0.2, 0.25) is 0 Å². The maximum atomic E-state index is 11.8. The van der Waals surface area contributed by atoms with Gasteiger partial charge in [0.25, 0.3) is 0 Å². The zero-order chi connectivity index (χ0) is 10.7. The van der Waals surface area contributed by atoms with E-state index in [-0.39, 0.29) is 5.92 Å². The minimum Gasteiger partial charge on any atom is -0.316 e. The van der Waals surface area contributed by atoms with E-state index in [9.17, 15) is 4.79 Å². The van der Waals surface area contributed by atoms with Crippen molar-refractivity contribution in [1.29, 1.82) is 0 Å². The number of ketones is 1. The number of nitrogens with one attached hydrogen (secondary N) is 1. The van der Waals surface area contributed by atoms with Gasteiger partial charge in [-0.1, -0.05) is 0 Å².